The van der Waals surface area contributed by atoms with Crippen molar-refractivity contribution in [2.24, 2.45) is 0 Å². The highest BCUT2D eigenvalue weighted by atomic mass is 32.2. The van der Waals surface area contributed by atoms with Crippen LogP contribution in [0.3, 0.4) is 0 Å². The van der Waals surface area contributed by atoms with Crippen molar-refractivity contribution in [1.82, 2.24) is 4.31 Å². The largest absolute Gasteiger partial charge is 0.415 e. The van der Waals surface area contributed by atoms with Crippen LogP contribution >= 0.6 is 0 Å². The monoisotopic (exact) mass is 426 g/mol. The summed E-state index contributed by atoms with van der Waals surface area (Å²) in [5.74, 6) is 0. The molecule has 1 unspecified atom stereocenters. The summed E-state index contributed by atoms with van der Waals surface area (Å²) in [4.78, 5) is 10.4. The highest BCUT2D eigenvalue weighted by Crippen LogP contribution is 2.37. The minimum Gasteiger partial charge on any atom is -0.415 e. The maximum atomic E-state index is 13.3. The Balaban J connectivity index is 2.36. The van der Waals surface area contributed by atoms with Gasteiger partial charge in [0.2, 0.25) is 10.0 Å². The van der Waals surface area contributed by atoms with Crippen molar-refractivity contribution in [3.05, 3.63) is 46.5 Å². The van der Waals surface area contributed by atoms with Gasteiger partial charge in [0.1, 0.15) is 0 Å². The smallest absolute Gasteiger partial charge is 0.289 e. The Morgan fingerprint density at radius 1 is 1.25 bits per heavy atom. The van der Waals surface area contributed by atoms with E-state index in [1.165, 1.54) is 28.6 Å². The van der Waals surface area contributed by atoms with Crippen molar-refractivity contribution in [3.8, 4) is 0 Å². The summed E-state index contributed by atoms with van der Waals surface area (Å²) in [6.45, 7) is 11.2. The van der Waals surface area contributed by atoms with Gasteiger partial charge in [-0.25, -0.2) is 8.42 Å². The molecule has 0 saturated heterocycles. The summed E-state index contributed by atoms with van der Waals surface area (Å²) in [6.07, 6.45) is 5.01. The fraction of sp³-hybridized carbons (Fsp3) is 0.579. The SMILES string of the molecule is CC(C)(C)[Si](C)(C)OCC1CC=CCCN1S(=O)(=O)c1ccccc1[N+](=O)[O-]. The van der Waals surface area contributed by atoms with E-state index in [0.29, 0.717) is 12.8 Å². The van der Waals surface area contributed by atoms with Gasteiger partial charge in [0, 0.05) is 12.6 Å². The summed E-state index contributed by atoms with van der Waals surface area (Å²) in [5, 5.41) is 11.4. The molecule has 0 bridgehead atoms. The number of nitrogens with zero attached hydrogens (tertiary/aromatic N) is 2. The van der Waals surface area contributed by atoms with Gasteiger partial charge in [-0.05, 0) is 37.0 Å². The van der Waals surface area contributed by atoms with Crippen molar-refractivity contribution in [2.45, 2.75) is 62.7 Å². The number of nitro groups is 1. The average molecular weight is 427 g/mol. The molecule has 0 N–H and O–H groups in total. The van der Waals surface area contributed by atoms with E-state index in [4.69, 9.17) is 4.43 Å². The molecule has 2 rings (SSSR count). The molecular formula is C19H30N2O5SSi. The van der Waals surface area contributed by atoms with Gasteiger partial charge in [-0.1, -0.05) is 45.1 Å². The van der Waals surface area contributed by atoms with Crippen molar-refractivity contribution in [1.29, 1.82) is 0 Å². The van der Waals surface area contributed by atoms with Crippen LogP contribution in [0.2, 0.25) is 18.1 Å². The molecule has 0 spiro atoms. The van der Waals surface area contributed by atoms with Crippen LogP contribution in [0, 0.1) is 10.1 Å². The second kappa shape index (κ2) is 8.44. The molecule has 1 aromatic rings. The van der Waals surface area contributed by atoms with E-state index in [-0.39, 0.29) is 23.1 Å². The molecule has 0 fully saturated rings. The third-order valence-electron chi connectivity index (χ3n) is 5.59. The number of hydrogen-bond acceptors (Lipinski definition) is 5. The van der Waals surface area contributed by atoms with Crippen LogP contribution in [-0.2, 0) is 14.4 Å². The first-order valence-electron chi connectivity index (χ1n) is 9.42. The number of sulfonamides is 1. The van der Waals surface area contributed by atoms with Crippen LogP contribution in [0.1, 0.15) is 33.6 Å². The van der Waals surface area contributed by atoms with E-state index in [1.807, 2.05) is 12.2 Å². The standard InChI is InChI=1S/C19H30N2O5SSi/c1-19(2,3)28(4,5)26-15-16-11-7-6-10-14-20(16)27(24,25)18-13-9-8-12-17(18)21(22)23/h6-9,12-13,16H,10-11,14-15H2,1-5H3. The second-order valence-electron chi connectivity index (χ2n) is 8.56. The molecule has 1 aliphatic rings. The van der Waals surface area contributed by atoms with Crippen LogP contribution in [0.5, 0.6) is 0 Å². The zero-order chi connectivity index (χ0) is 21.2. The highest BCUT2D eigenvalue weighted by Gasteiger charge is 2.40. The lowest BCUT2D eigenvalue weighted by Crippen LogP contribution is -2.48. The molecule has 0 radical (unpaired) electrons. The molecule has 0 aromatic heterocycles. The Labute approximate surface area is 168 Å². The van der Waals surface area contributed by atoms with E-state index >= 15 is 0 Å². The minimum atomic E-state index is -4.03. The van der Waals surface area contributed by atoms with E-state index < -0.39 is 35.0 Å². The number of rotatable bonds is 6. The van der Waals surface area contributed by atoms with Crippen LogP contribution in [-0.4, -0.2) is 45.2 Å². The van der Waals surface area contributed by atoms with E-state index in [2.05, 4.69) is 33.9 Å². The molecule has 1 atom stereocenters. The van der Waals surface area contributed by atoms with Crippen molar-refractivity contribution >= 4 is 24.0 Å². The second-order valence-corrected chi connectivity index (χ2v) is 15.2. The molecule has 0 aliphatic carbocycles. The van der Waals surface area contributed by atoms with E-state index in [9.17, 15) is 18.5 Å². The van der Waals surface area contributed by atoms with Gasteiger partial charge in [-0.3, -0.25) is 10.1 Å². The van der Waals surface area contributed by atoms with Gasteiger partial charge >= 0.3 is 0 Å². The Morgan fingerprint density at radius 2 is 1.89 bits per heavy atom. The van der Waals surface area contributed by atoms with E-state index in [0.717, 1.165) is 0 Å². The summed E-state index contributed by atoms with van der Waals surface area (Å²) >= 11 is 0. The molecule has 0 amide bonds. The van der Waals surface area contributed by atoms with Gasteiger partial charge in [0.25, 0.3) is 5.69 Å². The Hall–Kier alpha value is -1.55. The van der Waals surface area contributed by atoms with Gasteiger partial charge in [-0.2, -0.15) is 4.31 Å². The molecular weight excluding hydrogens is 396 g/mol. The lowest BCUT2D eigenvalue weighted by atomic mass is 10.2. The predicted octanol–water partition coefficient (Wildman–Crippen LogP) is 4.33. The minimum absolute atomic E-state index is 0.00941. The highest BCUT2D eigenvalue weighted by molar-refractivity contribution is 7.89. The molecule has 0 saturated carbocycles. The van der Waals surface area contributed by atoms with Crippen LogP contribution < -0.4 is 0 Å². The number of nitro benzene ring substituents is 1. The average Bonchev–Trinajstić information content (AvgIpc) is 2.85. The lowest BCUT2D eigenvalue weighted by molar-refractivity contribution is -0.387. The zero-order valence-corrected chi connectivity index (χ0v) is 19.0. The fourth-order valence-corrected chi connectivity index (χ4v) is 5.65. The van der Waals surface area contributed by atoms with Crippen molar-refractivity contribution < 1.29 is 17.8 Å². The first-order valence-corrected chi connectivity index (χ1v) is 13.8. The number of hydrogen-bond donors (Lipinski definition) is 0. The molecule has 7 nitrogen and oxygen atoms in total. The maximum absolute atomic E-state index is 13.3. The summed E-state index contributed by atoms with van der Waals surface area (Å²) in [7, 11) is -6.08. The normalized spacial score (nSPS) is 19.4. The Bertz CT molecular complexity index is 846. The van der Waals surface area contributed by atoms with E-state index in [1.54, 1.807) is 0 Å². The number of para-hydroxylation sites is 1. The molecule has 9 heteroatoms. The Morgan fingerprint density at radius 3 is 2.50 bits per heavy atom. The van der Waals surface area contributed by atoms with Gasteiger partial charge in [-0.15, -0.1) is 0 Å². The molecule has 28 heavy (non-hydrogen) atoms. The number of benzene rings is 1. The van der Waals surface area contributed by atoms with Crippen LogP contribution in [0.4, 0.5) is 5.69 Å². The van der Waals surface area contributed by atoms with Crippen molar-refractivity contribution in [3.63, 3.8) is 0 Å². The van der Waals surface area contributed by atoms with Gasteiger partial charge in [0.15, 0.2) is 13.2 Å². The quantitative estimate of drug-likeness (QED) is 0.292. The third-order valence-corrected chi connectivity index (χ3v) is 12.1. The summed E-state index contributed by atoms with van der Waals surface area (Å²) in [6, 6.07) is 5.12. The predicted molar refractivity (Wildman–Crippen MR) is 112 cm³/mol. The first kappa shape index (κ1) is 22.7. The van der Waals surface area contributed by atoms with Crippen molar-refractivity contribution in [2.75, 3.05) is 13.2 Å². The van der Waals surface area contributed by atoms with Crippen LogP contribution in [0.25, 0.3) is 0 Å². The molecule has 1 aromatic carbocycles. The lowest BCUT2D eigenvalue weighted by Gasteiger charge is -2.38. The van der Waals surface area contributed by atoms with Gasteiger partial charge in [0.05, 0.1) is 17.6 Å². The van der Waals surface area contributed by atoms with Gasteiger partial charge < -0.3 is 4.43 Å². The summed E-state index contributed by atoms with van der Waals surface area (Å²) < 4.78 is 34.4. The van der Waals surface area contributed by atoms with Crippen LogP contribution in [0.15, 0.2) is 41.3 Å². The molecule has 1 aliphatic heterocycles. The third kappa shape index (κ3) is 4.89. The first-order chi connectivity index (χ1) is 12.9. The summed E-state index contributed by atoms with van der Waals surface area (Å²) in [5.41, 5.74) is -0.399. The topological polar surface area (TPSA) is 89.8 Å². The maximum Gasteiger partial charge on any atom is 0.289 e. The Kier molecular flexibility index (Phi) is 6.85. The molecule has 1 heterocycles. The fourth-order valence-electron chi connectivity index (χ4n) is 2.81. The zero-order valence-electron chi connectivity index (χ0n) is 17.2. The molecule has 156 valence electrons.